The van der Waals surface area contributed by atoms with Crippen LogP contribution in [0.4, 0.5) is 4.39 Å². The van der Waals surface area contributed by atoms with E-state index in [4.69, 9.17) is 4.52 Å². The number of benzene rings is 1. The molecular formula is C17H15FN4O. The summed E-state index contributed by atoms with van der Waals surface area (Å²) in [7, 11) is 0. The SMILES string of the molecule is Cc1ncc(-c2nc(C3(c4cccc(F)c4)CC3)no2)c(C)n1. The number of aromatic nitrogens is 4. The third-order valence-electron chi connectivity index (χ3n) is 4.31. The van der Waals surface area contributed by atoms with Gasteiger partial charge in [0.2, 0.25) is 0 Å². The highest BCUT2D eigenvalue weighted by Gasteiger charge is 2.50. The molecule has 0 atom stereocenters. The summed E-state index contributed by atoms with van der Waals surface area (Å²) in [6, 6.07) is 6.60. The molecule has 23 heavy (non-hydrogen) atoms. The lowest BCUT2D eigenvalue weighted by molar-refractivity contribution is 0.417. The maximum absolute atomic E-state index is 13.5. The number of rotatable bonds is 3. The summed E-state index contributed by atoms with van der Waals surface area (Å²) in [6.45, 7) is 3.71. The van der Waals surface area contributed by atoms with E-state index in [0.29, 0.717) is 17.5 Å². The fourth-order valence-electron chi connectivity index (χ4n) is 2.87. The van der Waals surface area contributed by atoms with Gasteiger partial charge < -0.3 is 4.52 Å². The fraction of sp³-hybridized carbons (Fsp3) is 0.294. The highest BCUT2D eigenvalue weighted by atomic mass is 19.1. The van der Waals surface area contributed by atoms with Gasteiger partial charge >= 0.3 is 0 Å². The number of hydrogen-bond donors (Lipinski definition) is 0. The van der Waals surface area contributed by atoms with E-state index in [0.717, 1.165) is 29.7 Å². The predicted molar refractivity (Wildman–Crippen MR) is 81.2 cm³/mol. The zero-order valence-corrected chi connectivity index (χ0v) is 12.9. The van der Waals surface area contributed by atoms with Gasteiger partial charge in [-0.25, -0.2) is 14.4 Å². The van der Waals surface area contributed by atoms with Crippen LogP contribution in [0.1, 0.15) is 35.7 Å². The van der Waals surface area contributed by atoms with Gasteiger partial charge in [-0.2, -0.15) is 4.98 Å². The van der Waals surface area contributed by atoms with Crippen molar-refractivity contribution in [1.29, 1.82) is 0 Å². The van der Waals surface area contributed by atoms with Gasteiger partial charge in [-0.05, 0) is 44.4 Å². The molecule has 2 aromatic heterocycles. The van der Waals surface area contributed by atoms with Crippen LogP contribution in [-0.4, -0.2) is 20.1 Å². The third-order valence-corrected chi connectivity index (χ3v) is 4.31. The lowest BCUT2D eigenvalue weighted by Crippen LogP contribution is -2.11. The molecule has 3 aromatic rings. The van der Waals surface area contributed by atoms with E-state index >= 15 is 0 Å². The molecule has 0 aliphatic heterocycles. The Bertz CT molecular complexity index is 886. The molecule has 0 spiro atoms. The van der Waals surface area contributed by atoms with E-state index in [-0.39, 0.29) is 11.2 Å². The Morgan fingerprint density at radius 3 is 2.70 bits per heavy atom. The molecule has 0 saturated heterocycles. The third kappa shape index (κ3) is 2.30. The van der Waals surface area contributed by atoms with E-state index in [9.17, 15) is 4.39 Å². The van der Waals surface area contributed by atoms with Crippen molar-refractivity contribution >= 4 is 0 Å². The van der Waals surface area contributed by atoms with E-state index in [2.05, 4.69) is 20.1 Å². The van der Waals surface area contributed by atoms with Crippen LogP contribution >= 0.6 is 0 Å². The Morgan fingerprint density at radius 2 is 2.00 bits per heavy atom. The second kappa shape index (κ2) is 4.94. The Hall–Kier alpha value is -2.63. The summed E-state index contributed by atoms with van der Waals surface area (Å²) >= 11 is 0. The first-order valence-corrected chi connectivity index (χ1v) is 7.49. The molecule has 0 N–H and O–H groups in total. The first-order chi connectivity index (χ1) is 11.1. The van der Waals surface area contributed by atoms with Crippen molar-refractivity contribution in [1.82, 2.24) is 20.1 Å². The van der Waals surface area contributed by atoms with Crippen molar-refractivity contribution in [3.8, 4) is 11.5 Å². The molecule has 1 saturated carbocycles. The quantitative estimate of drug-likeness (QED) is 0.742. The molecule has 4 rings (SSSR count). The van der Waals surface area contributed by atoms with Crippen molar-refractivity contribution in [2.45, 2.75) is 32.1 Å². The minimum Gasteiger partial charge on any atom is -0.334 e. The van der Waals surface area contributed by atoms with Crippen molar-refractivity contribution in [3.05, 3.63) is 59.2 Å². The lowest BCUT2D eigenvalue weighted by Gasteiger charge is -2.10. The number of nitrogens with zero attached hydrogens (tertiary/aromatic N) is 4. The second-order valence-electron chi connectivity index (χ2n) is 5.93. The van der Waals surface area contributed by atoms with Gasteiger partial charge in [-0.1, -0.05) is 17.3 Å². The summed E-state index contributed by atoms with van der Waals surface area (Å²) in [5.41, 5.74) is 2.08. The van der Waals surface area contributed by atoms with Crippen molar-refractivity contribution in [2.75, 3.05) is 0 Å². The molecule has 1 aliphatic carbocycles. The summed E-state index contributed by atoms with van der Waals surface area (Å²) < 4.78 is 18.9. The largest absolute Gasteiger partial charge is 0.334 e. The van der Waals surface area contributed by atoms with Gasteiger partial charge in [0.15, 0.2) is 5.82 Å². The summed E-state index contributed by atoms with van der Waals surface area (Å²) in [4.78, 5) is 13.0. The van der Waals surface area contributed by atoms with Crippen molar-refractivity contribution in [3.63, 3.8) is 0 Å². The monoisotopic (exact) mass is 310 g/mol. The highest BCUT2D eigenvalue weighted by molar-refractivity contribution is 5.55. The average Bonchev–Trinajstić information content (AvgIpc) is 3.19. The van der Waals surface area contributed by atoms with Gasteiger partial charge in [0.05, 0.1) is 16.7 Å². The smallest absolute Gasteiger partial charge is 0.261 e. The zero-order chi connectivity index (χ0) is 16.0. The van der Waals surface area contributed by atoms with Gasteiger partial charge in [-0.15, -0.1) is 0 Å². The van der Waals surface area contributed by atoms with Crippen LogP contribution in [0.2, 0.25) is 0 Å². The van der Waals surface area contributed by atoms with Crippen LogP contribution in [0.5, 0.6) is 0 Å². The fourth-order valence-corrected chi connectivity index (χ4v) is 2.87. The van der Waals surface area contributed by atoms with Crippen LogP contribution in [-0.2, 0) is 5.41 Å². The summed E-state index contributed by atoms with van der Waals surface area (Å²) in [5, 5.41) is 4.13. The zero-order valence-electron chi connectivity index (χ0n) is 12.9. The molecule has 6 heteroatoms. The molecule has 0 unspecified atom stereocenters. The molecule has 0 bridgehead atoms. The molecule has 0 radical (unpaired) electrons. The van der Waals surface area contributed by atoms with Crippen LogP contribution in [0.15, 0.2) is 35.0 Å². The van der Waals surface area contributed by atoms with Crippen LogP contribution in [0.25, 0.3) is 11.5 Å². The predicted octanol–water partition coefficient (Wildman–Crippen LogP) is 3.36. The van der Waals surface area contributed by atoms with Crippen molar-refractivity contribution in [2.24, 2.45) is 0 Å². The molecule has 116 valence electrons. The Balaban J connectivity index is 1.73. The minimum absolute atomic E-state index is 0.250. The highest BCUT2D eigenvalue weighted by Crippen LogP contribution is 2.52. The van der Waals surface area contributed by atoms with Gasteiger partial charge in [0.25, 0.3) is 5.89 Å². The molecule has 1 aromatic carbocycles. The molecular weight excluding hydrogens is 295 g/mol. The number of halogens is 1. The van der Waals surface area contributed by atoms with E-state index in [1.165, 1.54) is 6.07 Å². The van der Waals surface area contributed by atoms with Gasteiger partial charge in [0.1, 0.15) is 11.6 Å². The topological polar surface area (TPSA) is 64.7 Å². The van der Waals surface area contributed by atoms with E-state index < -0.39 is 0 Å². The van der Waals surface area contributed by atoms with Crippen molar-refractivity contribution < 1.29 is 8.91 Å². The minimum atomic E-state index is -0.330. The summed E-state index contributed by atoms with van der Waals surface area (Å²) in [6.07, 6.45) is 3.47. The van der Waals surface area contributed by atoms with Crippen LogP contribution < -0.4 is 0 Å². The maximum Gasteiger partial charge on any atom is 0.261 e. The lowest BCUT2D eigenvalue weighted by atomic mass is 9.95. The average molecular weight is 310 g/mol. The van der Waals surface area contributed by atoms with Gasteiger partial charge in [-0.3, -0.25) is 0 Å². The first kappa shape index (κ1) is 14.0. The van der Waals surface area contributed by atoms with E-state index in [1.807, 2.05) is 19.9 Å². The second-order valence-corrected chi connectivity index (χ2v) is 5.93. The van der Waals surface area contributed by atoms with E-state index in [1.54, 1.807) is 18.3 Å². The maximum atomic E-state index is 13.5. The Labute approximate surface area is 132 Å². The molecule has 5 nitrogen and oxygen atoms in total. The van der Waals surface area contributed by atoms with Gasteiger partial charge in [0, 0.05) is 6.20 Å². The molecule has 1 fully saturated rings. The first-order valence-electron chi connectivity index (χ1n) is 7.49. The molecule has 0 amide bonds. The van der Waals surface area contributed by atoms with Crippen LogP contribution in [0.3, 0.4) is 0 Å². The number of hydrogen-bond acceptors (Lipinski definition) is 5. The van der Waals surface area contributed by atoms with Crippen LogP contribution in [0, 0.1) is 19.7 Å². The number of aryl methyl sites for hydroxylation is 2. The Kier molecular flexibility index (Phi) is 3.01. The normalized spacial score (nSPS) is 15.6. The molecule has 1 aliphatic rings. The Morgan fingerprint density at radius 1 is 1.17 bits per heavy atom. The standard InChI is InChI=1S/C17H15FN4O/c1-10-14(9-19-11(2)20-10)15-21-16(22-23-15)17(6-7-17)12-4-3-5-13(18)8-12/h3-5,8-9H,6-7H2,1-2H3. The molecule has 2 heterocycles. The summed E-state index contributed by atoms with van der Waals surface area (Å²) in [5.74, 6) is 1.45.